The summed E-state index contributed by atoms with van der Waals surface area (Å²) >= 11 is 0. The average Bonchev–Trinajstić information content (AvgIpc) is 2.60. The minimum absolute atomic E-state index is 0.121. The second-order valence-electron chi connectivity index (χ2n) is 3.72. The third-order valence-electron chi connectivity index (χ3n) is 2.33. The van der Waals surface area contributed by atoms with Gasteiger partial charge in [-0.3, -0.25) is 0 Å². The average molecular weight is 205 g/mol. The van der Waals surface area contributed by atoms with Crippen molar-refractivity contribution in [3.8, 4) is 0 Å². The summed E-state index contributed by atoms with van der Waals surface area (Å²) < 4.78 is 5.54. The predicted molar refractivity (Wildman–Crippen MR) is 58.4 cm³/mol. The van der Waals surface area contributed by atoms with Crippen LogP contribution in [-0.4, -0.2) is 9.97 Å². The van der Waals surface area contributed by atoms with E-state index < -0.39 is 0 Å². The van der Waals surface area contributed by atoms with Gasteiger partial charge in [0, 0.05) is 5.69 Å². The maximum absolute atomic E-state index is 5.92. The van der Waals surface area contributed by atoms with Crippen molar-refractivity contribution in [2.45, 2.75) is 32.7 Å². The molecule has 4 heteroatoms. The van der Waals surface area contributed by atoms with Crippen LogP contribution in [0.1, 0.15) is 37.4 Å². The van der Waals surface area contributed by atoms with Gasteiger partial charge in [-0.05, 0) is 25.5 Å². The van der Waals surface area contributed by atoms with Crippen molar-refractivity contribution in [3.05, 3.63) is 23.7 Å². The van der Waals surface area contributed by atoms with Crippen molar-refractivity contribution in [3.63, 3.8) is 0 Å². The topological polar surface area (TPSA) is 64.9 Å². The van der Waals surface area contributed by atoms with E-state index in [0.717, 1.165) is 18.5 Å². The molecule has 0 aliphatic carbocycles. The van der Waals surface area contributed by atoms with E-state index in [1.54, 1.807) is 0 Å². The highest BCUT2D eigenvalue weighted by Crippen LogP contribution is 2.20. The molecule has 0 aliphatic heterocycles. The molecule has 1 unspecified atom stereocenters. The second-order valence-corrected chi connectivity index (χ2v) is 3.72. The van der Waals surface area contributed by atoms with Crippen LogP contribution in [0.2, 0.25) is 0 Å². The van der Waals surface area contributed by atoms with Crippen molar-refractivity contribution >= 4 is 11.2 Å². The molecule has 2 aromatic rings. The van der Waals surface area contributed by atoms with Crippen LogP contribution in [0.4, 0.5) is 0 Å². The first-order valence-electron chi connectivity index (χ1n) is 5.20. The zero-order valence-corrected chi connectivity index (χ0v) is 9.03. The molecule has 2 heterocycles. The molecule has 0 spiro atoms. The quantitative estimate of drug-likeness (QED) is 0.835. The second kappa shape index (κ2) is 3.98. The lowest BCUT2D eigenvalue weighted by Crippen LogP contribution is -2.09. The maximum Gasteiger partial charge on any atom is 0.213 e. The number of rotatable bonds is 3. The number of nitrogens with zero attached hydrogens (tertiary/aromatic N) is 2. The van der Waals surface area contributed by atoms with Crippen molar-refractivity contribution in [2.24, 2.45) is 5.73 Å². The first kappa shape index (κ1) is 10.1. The molecule has 1 atom stereocenters. The monoisotopic (exact) mass is 205 g/mol. The summed E-state index contributed by atoms with van der Waals surface area (Å²) in [5.41, 5.74) is 8.22. The lowest BCUT2D eigenvalue weighted by Gasteiger charge is -2.02. The predicted octanol–water partition coefficient (Wildman–Crippen LogP) is 2.33. The number of fused-ring (bicyclic) bond motifs is 1. The van der Waals surface area contributed by atoms with Crippen LogP contribution >= 0.6 is 0 Å². The Kier molecular flexibility index (Phi) is 2.68. The standard InChI is InChI=1S/C11H15N3O/c1-3-4-8(12)11-14-10-9(15-11)6-5-7(2)13-10/h5-6,8H,3-4,12H2,1-2H3. The normalized spacial score (nSPS) is 13.3. The summed E-state index contributed by atoms with van der Waals surface area (Å²) in [6.45, 7) is 4.02. The van der Waals surface area contributed by atoms with Crippen molar-refractivity contribution < 1.29 is 4.42 Å². The largest absolute Gasteiger partial charge is 0.437 e. The minimum atomic E-state index is -0.121. The van der Waals surface area contributed by atoms with Crippen LogP contribution in [0.25, 0.3) is 11.2 Å². The fourth-order valence-electron chi connectivity index (χ4n) is 1.52. The van der Waals surface area contributed by atoms with Gasteiger partial charge in [0.2, 0.25) is 5.89 Å². The van der Waals surface area contributed by atoms with E-state index >= 15 is 0 Å². The molecule has 2 aromatic heterocycles. The summed E-state index contributed by atoms with van der Waals surface area (Å²) in [5.74, 6) is 0.588. The number of aromatic nitrogens is 2. The van der Waals surface area contributed by atoms with Crippen molar-refractivity contribution in [1.82, 2.24) is 9.97 Å². The van der Waals surface area contributed by atoms with Gasteiger partial charge in [0.1, 0.15) is 0 Å². The van der Waals surface area contributed by atoms with E-state index in [9.17, 15) is 0 Å². The van der Waals surface area contributed by atoms with Gasteiger partial charge in [-0.1, -0.05) is 13.3 Å². The van der Waals surface area contributed by atoms with E-state index in [0.29, 0.717) is 17.1 Å². The van der Waals surface area contributed by atoms with E-state index in [4.69, 9.17) is 10.2 Å². The molecule has 0 aliphatic rings. The fourth-order valence-corrected chi connectivity index (χ4v) is 1.52. The van der Waals surface area contributed by atoms with Gasteiger partial charge < -0.3 is 10.2 Å². The summed E-state index contributed by atoms with van der Waals surface area (Å²) in [5, 5.41) is 0. The smallest absolute Gasteiger partial charge is 0.213 e. The van der Waals surface area contributed by atoms with E-state index in [1.807, 2.05) is 19.1 Å². The Morgan fingerprint density at radius 2 is 2.20 bits per heavy atom. The highest BCUT2D eigenvalue weighted by atomic mass is 16.3. The van der Waals surface area contributed by atoms with Crippen LogP contribution in [0.5, 0.6) is 0 Å². The number of oxazole rings is 1. The highest BCUT2D eigenvalue weighted by molar-refractivity contribution is 5.67. The van der Waals surface area contributed by atoms with E-state index in [-0.39, 0.29) is 6.04 Å². The molecule has 0 saturated carbocycles. The Labute approximate surface area is 88.5 Å². The summed E-state index contributed by atoms with van der Waals surface area (Å²) in [6, 6.07) is 3.67. The molecule has 80 valence electrons. The minimum Gasteiger partial charge on any atom is -0.437 e. The fraction of sp³-hybridized carbons (Fsp3) is 0.455. The molecular formula is C11H15N3O. The van der Waals surface area contributed by atoms with Gasteiger partial charge in [-0.2, -0.15) is 4.98 Å². The molecule has 0 radical (unpaired) electrons. The Morgan fingerprint density at radius 1 is 1.40 bits per heavy atom. The van der Waals surface area contributed by atoms with Gasteiger partial charge in [0.15, 0.2) is 11.2 Å². The molecule has 2 rings (SSSR count). The third kappa shape index (κ3) is 1.99. The lowest BCUT2D eigenvalue weighted by atomic mass is 10.2. The van der Waals surface area contributed by atoms with Crippen molar-refractivity contribution in [1.29, 1.82) is 0 Å². The molecule has 4 nitrogen and oxygen atoms in total. The van der Waals surface area contributed by atoms with Crippen LogP contribution in [-0.2, 0) is 0 Å². The van der Waals surface area contributed by atoms with Crippen LogP contribution in [0, 0.1) is 6.92 Å². The molecule has 2 N–H and O–H groups in total. The summed E-state index contributed by atoms with van der Waals surface area (Å²) in [7, 11) is 0. The molecule has 0 aromatic carbocycles. The highest BCUT2D eigenvalue weighted by Gasteiger charge is 2.13. The molecule has 15 heavy (non-hydrogen) atoms. The Morgan fingerprint density at radius 3 is 2.93 bits per heavy atom. The molecule has 0 bridgehead atoms. The van der Waals surface area contributed by atoms with Gasteiger partial charge in [0.25, 0.3) is 0 Å². The number of pyridine rings is 1. The van der Waals surface area contributed by atoms with Crippen LogP contribution in [0.15, 0.2) is 16.5 Å². The third-order valence-corrected chi connectivity index (χ3v) is 2.33. The maximum atomic E-state index is 5.92. The Hall–Kier alpha value is -1.42. The van der Waals surface area contributed by atoms with Crippen LogP contribution < -0.4 is 5.73 Å². The zero-order valence-electron chi connectivity index (χ0n) is 9.03. The van der Waals surface area contributed by atoms with Crippen LogP contribution in [0.3, 0.4) is 0 Å². The van der Waals surface area contributed by atoms with Gasteiger partial charge in [0.05, 0.1) is 6.04 Å². The lowest BCUT2D eigenvalue weighted by molar-refractivity contribution is 0.456. The Balaban J connectivity index is 2.38. The van der Waals surface area contributed by atoms with Gasteiger partial charge in [-0.25, -0.2) is 4.98 Å². The van der Waals surface area contributed by atoms with Crippen molar-refractivity contribution in [2.75, 3.05) is 0 Å². The number of hydrogen-bond acceptors (Lipinski definition) is 4. The first-order chi connectivity index (χ1) is 7.20. The molecular weight excluding hydrogens is 190 g/mol. The van der Waals surface area contributed by atoms with Gasteiger partial charge in [-0.15, -0.1) is 0 Å². The van der Waals surface area contributed by atoms with Gasteiger partial charge >= 0.3 is 0 Å². The van der Waals surface area contributed by atoms with E-state index in [1.165, 1.54) is 0 Å². The molecule has 0 amide bonds. The Bertz CT molecular complexity index is 464. The number of aryl methyl sites for hydroxylation is 1. The molecule has 0 saturated heterocycles. The van der Waals surface area contributed by atoms with E-state index in [2.05, 4.69) is 16.9 Å². The summed E-state index contributed by atoms with van der Waals surface area (Å²) in [4.78, 5) is 8.57. The summed E-state index contributed by atoms with van der Waals surface area (Å²) in [6.07, 6.45) is 1.90. The SMILES string of the molecule is CCCC(N)c1nc2nc(C)ccc2o1. The zero-order chi connectivity index (χ0) is 10.8. The first-order valence-corrected chi connectivity index (χ1v) is 5.20. The number of hydrogen-bond donors (Lipinski definition) is 1. The number of nitrogens with two attached hydrogens (primary N) is 1. The molecule has 0 fully saturated rings.